The standard InChI is InChI=1S/C6H9N3O2/c1-8-3-2-6(11)9(8)4-5(7)10/h2-3H,4H2,1H3,(H2,7,10). The number of carbonyl (C=O) groups is 1. The van der Waals surface area contributed by atoms with Crippen LogP contribution in [0.3, 0.4) is 0 Å². The summed E-state index contributed by atoms with van der Waals surface area (Å²) in [6.45, 7) is -0.0671. The molecule has 0 aliphatic rings. The lowest BCUT2D eigenvalue weighted by Gasteiger charge is -2.02. The average Bonchev–Trinajstić information content (AvgIpc) is 2.18. The van der Waals surface area contributed by atoms with E-state index in [9.17, 15) is 9.59 Å². The van der Waals surface area contributed by atoms with Gasteiger partial charge in [0.05, 0.1) is 0 Å². The number of aryl methyl sites for hydroxylation is 1. The summed E-state index contributed by atoms with van der Waals surface area (Å²) in [5, 5.41) is 0. The number of nitrogens with two attached hydrogens (primary N) is 1. The molecule has 0 aliphatic heterocycles. The molecular weight excluding hydrogens is 146 g/mol. The van der Waals surface area contributed by atoms with Gasteiger partial charge in [0.15, 0.2) is 0 Å². The molecule has 11 heavy (non-hydrogen) atoms. The van der Waals surface area contributed by atoms with Crippen molar-refractivity contribution in [3.63, 3.8) is 0 Å². The van der Waals surface area contributed by atoms with Gasteiger partial charge in [-0.2, -0.15) is 0 Å². The number of amides is 1. The molecule has 0 aliphatic carbocycles. The Morgan fingerprint density at radius 3 is 2.73 bits per heavy atom. The summed E-state index contributed by atoms with van der Waals surface area (Å²) in [4.78, 5) is 21.3. The van der Waals surface area contributed by atoms with Gasteiger partial charge >= 0.3 is 0 Å². The van der Waals surface area contributed by atoms with Crippen molar-refractivity contribution in [1.82, 2.24) is 9.36 Å². The first-order chi connectivity index (χ1) is 5.11. The van der Waals surface area contributed by atoms with E-state index in [1.54, 1.807) is 13.2 Å². The third-order valence-corrected chi connectivity index (χ3v) is 1.37. The van der Waals surface area contributed by atoms with Gasteiger partial charge in [-0.15, -0.1) is 0 Å². The molecule has 1 aromatic heterocycles. The minimum absolute atomic E-state index is 0.0671. The lowest BCUT2D eigenvalue weighted by atomic mass is 10.6. The molecule has 0 bridgehead atoms. The zero-order chi connectivity index (χ0) is 8.43. The van der Waals surface area contributed by atoms with Crippen LogP contribution < -0.4 is 11.3 Å². The summed E-state index contributed by atoms with van der Waals surface area (Å²) in [6.07, 6.45) is 1.57. The maximum absolute atomic E-state index is 10.9. The number of primary amides is 1. The van der Waals surface area contributed by atoms with Crippen LogP contribution in [0.15, 0.2) is 17.1 Å². The van der Waals surface area contributed by atoms with Crippen LogP contribution in [0.25, 0.3) is 0 Å². The molecule has 0 saturated carbocycles. The zero-order valence-corrected chi connectivity index (χ0v) is 6.15. The maximum atomic E-state index is 10.9. The van der Waals surface area contributed by atoms with E-state index in [1.165, 1.54) is 15.4 Å². The van der Waals surface area contributed by atoms with Gasteiger partial charge in [-0.05, 0) is 0 Å². The van der Waals surface area contributed by atoms with Crippen LogP contribution in [0.1, 0.15) is 0 Å². The van der Waals surface area contributed by atoms with Crippen LogP contribution in [-0.4, -0.2) is 15.3 Å². The molecule has 0 atom stereocenters. The summed E-state index contributed by atoms with van der Waals surface area (Å²) in [5.74, 6) is -0.520. The van der Waals surface area contributed by atoms with Gasteiger partial charge in [-0.25, -0.2) is 4.68 Å². The quantitative estimate of drug-likeness (QED) is 0.575. The highest BCUT2D eigenvalue weighted by molar-refractivity contribution is 5.73. The first-order valence-electron chi connectivity index (χ1n) is 3.12. The Hall–Kier alpha value is -1.52. The highest BCUT2D eigenvalue weighted by Gasteiger charge is 2.01. The van der Waals surface area contributed by atoms with Crippen LogP contribution in [0.4, 0.5) is 0 Å². The molecule has 1 rings (SSSR count). The van der Waals surface area contributed by atoms with Crippen LogP contribution in [0.2, 0.25) is 0 Å². The Bertz CT molecular complexity index is 323. The molecule has 1 aromatic rings. The summed E-state index contributed by atoms with van der Waals surface area (Å²) >= 11 is 0. The van der Waals surface area contributed by atoms with Crippen molar-refractivity contribution in [2.75, 3.05) is 0 Å². The topological polar surface area (TPSA) is 70.0 Å². The van der Waals surface area contributed by atoms with E-state index < -0.39 is 5.91 Å². The molecule has 60 valence electrons. The molecular formula is C6H9N3O2. The van der Waals surface area contributed by atoms with Gasteiger partial charge in [-0.1, -0.05) is 0 Å². The third-order valence-electron chi connectivity index (χ3n) is 1.37. The van der Waals surface area contributed by atoms with Crippen molar-refractivity contribution in [2.45, 2.75) is 6.54 Å². The van der Waals surface area contributed by atoms with Crippen LogP contribution in [-0.2, 0) is 18.4 Å². The molecule has 0 unspecified atom stereocenters. The Labute approximate surface area is 63.0 Å². The minimum Gasteiger partial charge on any atom is -0.368 e. The summed E-state index contributed by atoms with van der Waals surface area (Å²) < 4.78 is 2.77. The van der Waals surface area contributed by atoms with Crippen molar-refractivity contribution in [2.24, 2.45) is 12.8 Å². The molecule has 0 radical (unpaired) electrons. The molecule has 0 saturated heterocycles. The van der Waals surface area contributed by atoms with Crippen molar-refractivity contribution in [1.29, 1.82) is 0 Å². The van der Waals surface area contributed by atoms with Gasteiger partial charge in [0, 0.05) is 19.3 Å². The van der Waals surface area contributed by atoms with Crippen molar-refractivity contribution < 1.29 is 4.79 Å². The minimum atomic E-state index is -0.520. The zero-order valence-electron chi connectivity index (χ0n) is 6.15. The number of carbonyl (C=O) groups excluding carboxylic acids is 1. The Balaban J connectivity index is 3.01. The number of aromatic nitrogens is 2. The monoisotopic (exact) mass is 155 g/mol. The number of hydrogen-bond acceptors (Lipinski definition) is 2. The molecule has 5 heteroatoms. The SMILES string of the molecule is Cn1ccc(=O)n1CC(N)=O. The molecule has 0 fully saturated rings. The van der Waals surface area contributed by atoms with E-state index >= 15 is 0 Å². The molecule has 0 aromatic carbocycles. The van der Waals surface area contributed by atoms with Gasteiger partial charge in [0.25, 0.3) is 5.56 Å². The van der Waals surface area contributed by atoms with Gasteiger partial charge in [0.2, 0.25) is 5.91 Å². The molecule has 2 N–H and O–H groups in total. The molecule has 5 nitrogen and oxygen atoms in total. The van der Waals surface area contributed by atoms with E-state index in [1.807, 2.05) is 0 Å². The largest absolute Gasteiger partial charge is 0.368 e. The second-order valence-corrected chi connectivity index (χ2v) is 2.25. The van der Waals surface area contributed by atoms with Gasteiger partial charge in [-0.3, -0.25) is 14.3 Å². The van der Waals surface area contributed by atoms with Crippen molar-refractivity contribution >= 4 is 5.91 Å². The second kappa shape index (κ2) is 2.61. The Morgan fingerprint density at radius 1 is 1.73 bits per heavy atom. The maximum Gasteiger partial charge on any atom is 0.267 e. The van der Waals surface area contributed by atoms with Gasteiger partial charge < -0.3 is 5.73 Å². The smallest absolute Gasteiger partial charge is 0.267 e. The van der Waals surface area contributed by atoms with Crippen LogP contribution in [0.5, 0.6) is 0 Å². The fourth-order valence-electron chi connectivity index (χ4n) is 0.831. The first-order valence-corrected chi connectivity index (χ1v) is 3.12. The predicted octanol–water partition coefficient (Wildman–Crippen LogP) is -1.33. The first kappa shape index (κ1) is 7.59. The summed E-state index contributed by atoms with van der Waals surface area (Å²) in [7, 11) is 1.67. The highest BCUT2D eigenvalue weighted by atomic mass is 16.2. The fourth-order valence-corrected chi connectivity index (χ4v) is 0.831. The molecule has 1 heterocycles. The Kier molecular flexibility index (Phi) is 1.80. The summed E-state index contributed by atoms with van der Waals surface area (Å²) in [5.41, 5.74) is 4.69. The number of rotatable bonds is 2. The predicted molar refractivity (Wildman–Crippen MR) is 38.9 cm³/mol. The molecule has 1 amide bonds. The number of nitrogens with zero attached hydrogens (tertiary/aromatic N) is 2. The lowest BCUT2D eigenvalue weighted by Crippen LogP contribution is -2.29. The van der Waals surface area contributed by atoms with Crippen LogP contribution >= 0.6 is 0 Å². The lowest BCUT2D eigenvalue weighted by molar-refractivity contribution is -0.118. The van der Waals surface area contributed by atoms with E-state index in [0.29, 0.717) is 0 Å². The van der Waals surface area contributed by atoms with Crippen molar-refractivity contribution in [3.05, 3.63) is 22.6 Å². The van der Waals surface area contributed by atoms with E-state index in [0.717, 1.165) is 0 Å². The highest BCUT2D eigenvalue weighted by Crippen LogP contribution is 1.80. The number of hydrogen-bond donors (Lipinski definition) is 1. The fraction of sp³-hybridized carbons (Fsp3) is 0.333. The normalized spacial score (nSPS) is 9.91. The van der Waals surface area contributed by atoms with Crippen LogP contribution in [0, 0.1) is 0 Å². The van der Waals surface area contributed by atoms with Crippen molar-refractivity contribution in [3.8, 4) is 0 Å². The van der Waals surface area contributed by atoms with E-state index in [-0.39, 0.29) is 12.1 Å². The molecule has 0 spiro atoms. The second-order valence-electron chi connectivity index (χ2n) is 2.25. The third kappa shape index (κ3) is 1.49. The van der Waals surface area contributed by atoms with Gasteiger partial charge in [0.1, 0.15) is 6.54 Å². The summed E-state index contributed by atoms with van der Waals surface area (Å²) in [6, 6.07) is 1.38. The average molecular weight is 155 g/mol. The Morgan fingerprint density at radius 2 is 2.36 bits per heavy atom. The van der Waals surface area contributed by atoms with E-state index in [4.69, 9.17) is 5.73 Å². The van der Waals surface area contributed by atoms with E-state index in [2.05, 4.69) is 0 Å².